The molecule has 38 heavy (non-hydrogen) atoms. The van der Waals surface area contributed by atoms with E-state index < -0.39 is 0 Å². The molecular formula is C30H26N8. The van der Waals surface area contributed by atoms with Gasteiger partial charge in [-0.25, -0.2) is 4.98 Å². The first-order valence-electron chi connectivity index (χ1n) is 12.9. The van der Waals surface area contributed by atoms with Gasteiger partial charge >= 0.3 is 0 Å². The molecule has 1 saturated carbocycles. The largest absolute Gasteiger partial charge is 0.358 e. The molecule has 0 saturated heterocycles. The van der Waals surface area contributed by atoms with Crippen molar-refractivity contribution in [2.24, 2.45) is 5.92 Å². The van der Waals surface area contributed by atoms with Crippen LogP contribution in [0.15, 0.2) is 85.7 Å². The Balaban J connectivity index is 1.25. The monoisotopic (exact) mass is 498 g/mol. The molecule has 6 aromatic rings. The lowest BCUT2D eigenvalue weighted by Gasteiger charge is -2.15. The molecule has 0 aromatic carbocycles. The number of nitrogens with zero attached hydrogens (tertiary/aromatic N) is 5. The molecular weight excluding hydrogens is 472 g/mol. The van der Waals surface area contributed by atoms with Crippen molar-refractivity contribution in [1.29, 1.82) is 0 Å². The van der Waals surface area contributed by atoms with Gasteiger partial charge in [-0.1, -0.05) is 25.5 Å². The van der Waals surface area contributed by atoms with Gasteiger partial charge in [-0.05, 0) is 55.2 Å². The molecule has 1 aliphatic carbocycles. The van der Waals surface area contributed by atoms with Crippen LogP contribution in [0.25, 0.3) is 55.8 Å². The van der Waals surface area contributed by atoms with Crippen molar-refractivity contribution >= 4 is 27.6 Å². The average Bonchev–Trinajstić information content (AvgIpc) is 3.73. The van der Waals surface area contributed by atoms with Gasteiger partial charge in [0.25, 0.3) is 0 Å². The van der Waals surface area contributed by atoms with Crippen molar-refractivity contribution in [1.82, 2.24) is 35.1 Å². The first kappa shape index (κ1) is 22.4. The van der Waals surface area contributed by atoms with Crippen LogP contribution in [-0.2, 0) is 0 Å². The fourth-order valence-corrected chi connectivity index (χ4v) is 5.39. The summed E-state index contributed by atoms with van der Waals surface area (Å²) in [5.74, 6) is 0.537. The van der Waals surface area contributed by atoms with Gasteiger partial charge in [-0.15, -0.1) is 0 Å². The number of H-pyrrole nitrogens is 2. The highest BCUT2D eigenvalue weighted by molar-refractivity contribution is 5.99. The Labute approximate surface area is 219 Å². The third-order valence-electron chi connectivity index (χ3n) is 7.36. The minimum Gasteiger partial charge on any atom is -0.358 e. The van der Waals surface area contributed by atoms with Gasteiger partial charge in [-0.2, -0.15) is 5.10 Å². The summed E-state index contributed by atoms with van der Waals surface area (Å²) in [5, 5.41) is 13.0. The van der Waals surface area contributed by atoms with Gasteiger partial charge in [0, 0.05) is 57.9 Å². The van der Waals surface area contributed by atoms with Crippen LogP contribution in [0.2, 0.25) is 0 Å². The second kappa shape index (κ2) is 9.23. The Kier molecular flexibility index (Phi) is 5.43. The van der Waals surface area contributed by atoms with E-state index in [-0.39, 0.29) is 0 Å². The van der Waals surface area contributed by atoms with Crippen molar-refractivity contribution in [3.8, 4) is 33.9 Å². The van der Waals surface area contributed by atoms with Crippen molar-refractivity contribution in [2.75, 3.05) is 5.32 Å². The number of allylic oxidation sites excluding steroid dienone is 1. The number of pyridine rings is 4. The highest BCUT2D eigenvalue weighted by atomic mass is 15.2. The summed E-state index contributed by atoms with van der Waals surface area (Å²) in [6.07, 6.45) is 14.1. The highest BCUT2D eigenvalue weighted by Crippen LogP contribution is 2.34. The van der Waals surface area contributed by atoms with E-state index >= 15 is 0 Å². The van der Waals surface area contributed by atoms with E-state index in [2.05, 4.69) is 65.2 Å². The minimum atomic E-state index is 0.537. The Morgan fingerprint density at radius 2 is 1.79 bits per heavy atom. The summed E-state index contributed by atoms with van der Waals surface area (Å²) in [6, 6.07) is 14.1. The fraction of sp³-hybridized carbons (Fsp3) is 0.167. The normalized spacial score (nSPS) is 13.9. The molecule has 186 valence electrons. The number of hydrogen-bond donors (Lipinski definition) is 3. The van der Waals surface area contributed by atoms with E-state index in [9.17, 15) is 0 Å². The van der Waals surface area contributed by atoms with Gasteiger partial charge in [0.05, 0.1) is 34.7 Å². The van der Waals surface area contributed by atoms with Gasteiger partial charge in [-0.3, -0.25) is 20.1 Å². The summed E-state index contributed by atoms with van der Waals surface area (Å²) < 4.78 is 0. The summed E-state index contributed by atoms with van der Waals surface area (Å²) in [4.78, 5) is 21.7. The number of nitrogens with one attached hydrogen (secondary N) is 3. The lowest BCUT2D eigenvalue weighted by atomic mass is 10.0. The molecule has 1 fully saturated rings. The Morgan fingerprint density at radius 3 is 2.66 bits per heavy atom. The summed E-state index contributed by atoms with van der Waals surface area (Å²) in [7, 11) is 0. The van der Waals surface area contributed by atoms with Gasteiger partial charge in [0.2, 0.25) is 0 Å². The van der Waals surface area contributed by atoms with E-state index in [1.165, 1.54) is 25.7 Å². The molecule has 0 unspecified atom stereocenters. The van der Waals surface area contributed by atoms with Gasteiger partial charge in [0.15, 0.2) is 5.65 Å². The number of rotatable bonds is 6. The summed E-state index contributed by atoms with van der Waals surface area (Å²) in [5.41, 5.74) is 9.05. The lowest BCUT2D eigenvalue weighted by Crippen LogP contribution is -2.07. The molecule has 6 aromatic heterocycles. The zero-order chi connectivity index (χ0) is 25.5. The number of anilines is 1. The molecule has 0 bridgehead atoms. The van der Waals surface area contributed by atoms with E-state index in [4.69, 9.17) is 0 Å². The van der Waals surface area contributed by atoms with E-state index in [0.29, 0.717) is 11.6 Å². The van der Waals surface area contributed by atoms with Crippen LogP contribution in [0, 0.1) is 5.92 Å². The van der Waals surface area contributed by atoms with Gasteiger partial charge in [0.1, 0.15) is 0 Å². The zero-order valence-electron chi connectivity index (χ0n) is 20.8. The van der Waals surface area contributed by atoms with Crippen LogP contribution in [0.1, 0.15) is 25.7 Å². The van der Waals surface area contributed by atoms with Crippen LogP contribution in [0.5, 0.6) is 0 Å². The topological polar surface area (TPSA) is 108 Å². The standard InChI is InChI=1S/C30H26N8/c1-18(19-6-2-3-7-19)35-22-12-20(15-31-17-22)21-13-24-29(37-38-30(24)34-16-21)27-14-23-25(36-27)9-11-33-28(23)26-8-4-5-10-32-26/h4-5,8-17,19,35-36H,1-3,6-7H2,(H,34,37,38). The fourth-order valence-electron chi connectivity index (χ4n) is 5.39. The van der Waals surface area contributed by atoms with Crippen LogP contribution in [0.3, 0.4) is 0 Å². The zero-order valence-corrected chi connectivity index (χ0v) is 20.8. The third-order valence-corrected chi connectivity index (χ3v) is 7.36. The first-order chi connectivity index (χ1) is 18.7. The maximum absolute atomic E-state index is 4.63. The Morgan fingerprint density at radius 1 is 0.895 bits per heavy atom. The maximum Gasteiger partial charge on any atom is 0.181 e. The predicted molar refractivity (Wildman–Crippen MR) is 150 cm³/mol. The smallest absolute Gasteiger partial charge is 0.181 e. The number of aromatic nitrogens is 7. The first-order valence-corrected chi connectivity index (χ1v) is 12.9. The van der Waals surface area contributed by atoms with Crippen LogP contribution in [0.4, 0.5) is 5.69 Å². The molecule has 1 aliphatic rings. The molecule has 8 heteroatoms. The Hall–Kier alpha value is -4.85. The minimum absolute atomic E-state index is 0.537. The van der Waals surface area contributed by atoms with Crippen molar-refractivity contribution < 1.29 is 0 Å². The van der Waals surface area contributed by atoms with Crippen molar-refractivity contribution in [2.45, 2.75) is 25.7 Å². The van der Waals surface area contributed by atoms with Crippen LogP contribution < -0.4 is 5.32 Å². The molecule has 0 aliphatic heterocycles. The lowest BCUT2D eigenvalue weighted by molar-refractivity contribution is 0.649. The summed E-state index contributed by atoms with van der Waals surface area (Å²) >= 11 is 0. The van der Waals surface area contributed by atoms with Gasteiger partial charge < -0.3 is 10.3 Å². The maximum atomic E-state index is 4.63. The molecule has 0 atom stereocenters. The second-order valence-electron chi connectivity index (χ2n) is 9.81. The SMILES string of the molecule is C=C(Nc1cncc(-c2cnc3n[nH]c(-c4cc5c(-c6ccccn6)nccc5[nH]4)c3c2)c1)C1CCCC1. The quantitative estimate of drug-likeness (QED) is 0.235. The van der Waals surface area contributed by atoms with E-state index in [0.717, 1.165) is 61.6 Å². The summed E-state index contributed by atoms with van der Waals surface area (Å²) in [6.45, 7) is 4.28. The molecule has 0 radical (unpaired) electrons. The molecule has 6 heterocycles. The number of aromatic amines is 2. The molecule has 8 nitrogen and oxygen atoms in total. The molecule has 3 N–H and O–H groups in total. The predicted octanol–water partition coefficient (Wildman–Crippen LogP) is 6.74. The molecule has 0 spiro atoms. The van der Waals surface area contributed by atoms with Crippen molar-refractivity contribution in [3.05, 3.63) is 85.7 Å². The number of fused-ring (bicyclic) bond motifs is 2. The second-order valence-corrected chi connectivity index (χ2v) is 9.81. The van der Waals surface area contributed by atoms with E-state index in [1.807, 2.05) is 42.9 Å². The molecule has 7 rings (SSSR count). The van der Waals surface area contributed by atoms with Crippen LogP contribution in [-0.4, -0.2) is 35.1 Å². The molecule has 0 amide bonds. The number of hydrogen-bond acceptors (Lipinski definition) is 6. The third kappa shape index (κ3) is 4.00. The van der Waals surface area contributed by atoms with Crippen LogP contribution >= 0.6 is 0 Å². The Bertz CT molecular complexity index is 1780. The average molecular weight is 499 g/mol. The van der Waals surface area contributed by atoms with E-state index in [1.54, 1.807) is 12.4 Å². The van der Waals surface area contributed by atoms with Crippen molar-refractivity contribution in [3.63, 3.8) is 0 Å². The highest BCUT2D eigenvalue weighted by Gasteiger charge is 2.19.